The van der Waals surface area contributed by atoms with Crippen LogP contribution in [0.1, 0.15) is 12.5 Å². The summed E-state index contributed by atoms with van der Waals surface area (Å²) in [5.41, 5.74) is -1.60. The minimum atomic E-state index is -2.23. The van der Waals surface area contributed by atoms with E-state index in [1.54, 1.807) is 24.3 Å². The molecular formula is C11H13FO3. The number of carboxylic acid groups (broad SMARTS) is 1. The van der Waals surface area contributed by atoms with Gasteiger partial charge in [0.2, 0.25) is 5.67 Å². The molecule has 0 fully saturated rings. The van der Waals surface area contributed by atoms with E-state index >= 15 is 0 Å². The fourth-order valence-electron chi connectivity index (χ4n) is 1.20. The molecule has 15 heavy (non-hydrogen) atoms. The van der Waals surface area contributed by atoms with Crippen LogP contribution in [-0.4, -0.2) is 23.9 Å². The van der Waals surface area contributed by atoms with Gasteiger partial charge in [-0.1, -0.05) is 12.1 Å². The minimum Gasteiger partial charge on any atom is -0.497 e. The molecule has 0 saturated heterocycles. The molecule has 3 nitrogen and oxygen atoms in total. The van der Waals surface area contributed by atoms with Gasteiger partial charge < -0.3 is 9.84 Å². The van der Waals surface area contributed by atoms with Gasteiger partial charge in [-0.3, -0.25) is 0 Å². The van der Waals surface area contributed by atoms with Crippen molar-refractivity contribution in [3.8, 4) is 5.75 Å². The van der Waals surface area contributed by atoms with E-state index in [9.17, 15) is 9.18 Å². The number of alkyl halides is 1. The molecule has 1 unspecified atom stereocenters. The molecular weight excluding hydrogens is 199 g/mol. The van der Waals surface area contributed by atoms with Crippen LogP contribution in [0.2, 0.25) is 0 Å². The van der Waals surface area contributed by atoms with E-state index in [0.29, 0.717) is 11.3 Å². The molecule has 0 heterocycles. The maximum atomic E-state index is 13.5. The summed E-state index contributed by atoms with van der Waals surface area (Å²) in [4.78, 5) is 10.5. The van der Waals surface area contributed by atoms with Crippen LogP contribution in [-0.2, 0) is 11.2 Å². The van der Waals surface area contributed by atoms with Crippen LogP contribution in [0.4, 0.5) is 4.39 Å². The Kier molecular flexibility index (Phi) is 3.29. The van der Waals surface area contributed by atoms with Gasteiger partial charge in [0.05, 0.1) is 7.11 Å². The van der Waals surface area contributed by atoms with Crippen LogP contribution in [0, 0.1) is 0 Å². The summed E-state index contributed by atoms with van der Waals surface area (Å²) >= 11 is 0. The zero-order valence-corrected chi connectivity index (χ0v) is 8.66. The molecule has 1 rings (SSSR count). The number of hydrogen-bond donors (Lipinski definition) is 1. The summed E-state index contributed by atoms with van der Waals surface area (Å²) in [6.45, 7) is 1.06. The number of methoxy groups -OCH3 is 1. The first-order valence-corrected chi connectivity index (χ1v) is 4.51. The van der Waals surface area contributed by atoms with Crippen molar-refractivity contribution >= 4 is 5.97 Å². The fraction of sp³-hybridized carbons (Fsp3) is 0.364. The molecule has 0 aromatic heterocycles. The molecule has 0 aliphatic rings. The molecule has 0 amide bonds. The maximum absolute atomic E-state index is 13.5. The largest absolute Gasteiger partial charge is 0.497 e. The molecule has 82 valence electrons. The fourth-order valence-corrected chi connectivity index (χ4v) is 1.20. The topological polar surface area (TPSA) is 46.5 Å². The van der Waals surface area contributed by atoms with Crippen molar-refractivity contribution in [2.75, 3.05) is 7.11 Å². The number of carboxylic acids is 1. The number of aliphatic carboxylic acids is 1. The van der Waals surface area contributed by atoms with Gasteiger partial charge in [-0.05, 0) is 24.6 Å². The summed E-state index contributed by atoms with van der Waals surface area (Å²) in [6, 6.07) is 6.65. The number of benzene rings is 1. The van der Waals surface area contributed by atoms with Crippen molar-refractivity contribution in [2.45, 2.75) is 19.0 Å². The SMILES string of the molecule is COc1ccc(CC(C)(F)C(=O)O)cc1. The van der Waals surface area contributed by atoms with Crippen molar-refractivity contribution < 1.29 is 19.0 Å². The first kappa shape index (κ1) is 11.5. The Morgan fingerprint density at radius 2 is 2.00 bits per heavy atom. The average Bonchev–Trinajstić information content (AvgIpc) is 2.18. The summed E-state index contributed by atoms with van der Waals surface area (Å²) < 4.78 is 18.4. The summed E-state index contributed by atoms with van der Waals surface area (Å²) in [5.74, 6) is -0.784. The predicted octanol–water partition coefficient (Wildman–Crippen LogP) is 2.05. The lowest BCUT2D eigenvalue weighted by Crippen LogP contribution is -2.32. The van der Waals surface area contributed by atoms with Gasteiger partial charge in [-0.15, -0.1) is 0 Å². The standard InChI is InChI=1S/C11H13FO3/c1-11(12,10(13)14)7-8-3-5-9(15-2)6-4-8/h3-6H,7H2,1-2H3,(H,13,14). The van der Waals surface area contributed by atoms with Gasteiger partial charge in [-0.25, -0.2) is 9.18 Å². The van der Waals surface area contributed by atoms with Gasteiger partial charge >= 0.3 is 5.97 Å². The van der Waals surface area contributed by atoms with Gasteiger partial charge in [0, 0.05) is 6.42 Å². The number of halogens is 1. The molecule has 0 aliphatic carbocycles. The van der Waals surface area contributed by atoms with E-state index in [-0.39, 0.29) is 6.42 Å². The van der Waals surface area contributed by atoms with E-state index in [0.717, 1.165) is 6.92 Å². The van der Waals surface area contributed by atoms with E-state index in [4.69, 9.17) is 9.84 Å². The molecule has 0 saturated carbocycles. The van der Waals surface area contributed by atoms with Crippen LogP contribution in [0.15, 0.2) is 24.3 Å². The Bertz CT molecular complexity index is 343. The predicted molar refractivity (Wildman–Crippen MR) is 53.8 cm³/mol. The molecule has 1 aromatic rings. The lowest BCUT2D eigenvalue weighted by molar-refractivity contribution is -0.149. The maximum Gasteiger partial charge on any atom is 0.341 e. The molecule has 1 N–H and O–H groups in total. The second kappa shape index (κ2) is 4.29. The van der Waals surface area contributed by atoms with E-state index in [2.05, 4.69) is 0 Å². The van der Waals surface area contributed by atoms with Crippen LogP contribution in [0.25, 0.3) is 0 Å². The number of carbonyl (C=O) groups is 1. The van der Waals surface area contributed by atoms with Gasteiger partial charge in [-0.2, -0.15) is 0 Å². The highest BCUT2D eigenvalue weighted by Gasteiger charge is 2.32. The van der Waals surface area contributed by atoms with Crippen LogP contribution >= 0.6 is 0 Å². The van der Waals surface area contributed by atoms with Crippen molar-refractivity contribution in [2.24, 2.45) is 0 Å². The molecule has 0 aliphatic heterocycles. The van der Waals surface area contributed by atoms with Crippen molar-refractivity contribution in [3.05, 3.63) is 29.8 Å². The van der Waals surface area contributed by atoms with Crippen molar-refractivity contribution in [1.82, 2.24) is 0 Å². The zero-order valence-electron chi connectivity index (χ0n) is 8.66. The Morgan fingerprint density at radius 3 is 2.40 bits per heavy atom. The summed E-state index contributed by atoms with van der Waals surface area (Å²) in [5, 5.41) is 8.60. The molecule has 1 atom stereocenters. The third kappa shape index (κ3) is 2.94. The lowest BCUT2D eigenvalue weighted by atomic mass is 9.98. The molecule has 1 aromatic carbocycles. The van der Waals surface area contributed by atoms with Crippen molar-refractivity contribution in [3.63, 3.8) is 0 Å². The average molecular weight is 212 g/mol. The third-order valence-corrected chi connectivity index (χ3v) is 2.14. The molecule has 0 spiro atoms. The monoisotopic (exact) mass is 212 g/mol. The van der Waals surface area contributed by atoms with E-state index < -0.39 is 11.6 Å². The third-order valence-electron chi connectivity index (χ3n) is 2.14. The molecule has 0 radical (unpaired) electrons. The quantitative estimate of drug-likeness (QED) is 0.830. The van der Waals surface area contributed by atoms with E-state index in [1.165, 1.54) is 7.11 Å². The summed E-state index contributed by atoms with van der Waals surface area (Å²) in [6.07, 6.45) is -0.147. The highest BCUT2D eigenvalue weighted by molar-refractivity contribution is 5.77. The number of rotatable bonds is 4. The van der Waals surface area contributed by atoms with Crippen LogP contribution in [0.5, 0.6) is 5.75 Å². The zero-order chi connectivity index (χ0) is 11.5. The highest BCUT2D eigenvalue weighted by atomic mass is 19.1. The Morgan fingerprint density at radius 1 is 1.47 bits per heavy atom. The number of ether oxygens (including phenoxy) is 1. The lowest BCUT2D eigenvalue weighted by Gasteiger charge is -2.14. The van der Waals surface area contributed by atoms with Gasteiger partial charge in [0.15, 0.2) is 0 Å². The smallest absolute Gasteiger partial charge is 0.341 e. The molecule has 0 bridgehead atoms. The second-order valence-electron chi connectivity index (χ2n) is 3.53. The van der Waals surface area contributed by atoms with E-state index in [1.807, 2.05) is 0 Å². The van der Waals surface area contributed by atoms with Crippen molar-refractivity contribution in [1.29, 1.82) is 0 Å². The summed E-state index contributed by atoms with van der Waals surface area (Å²) in [7, 11) is 1.53. The Labute approximate surface area is 87.5 Å². The highest BCUT2D eigenvalue weighted by Crippen LogP contribution is 2.20. The molecule has 4 heteroatoms. The van der Waals surface area contributed by atoms with Crippen LogP contribution in [0.3, 0.4) is 0 Å². The van der Waals surface area contributed by atoms with Gasteiger partial charge in [0.25, 0.3) is 0 Å². The normalized spacial score (nSPS) is 14.3. The van der Waals surface area contributed by atoms with Crippen LogP contribution < -0.4 is 4.74 Å². The first-order chi connectivity index (χ1) is 6.95. The second-order valence-corrected chi connectivity index (χ2v) is 3.53. The van der Waals surface area contributed by atoms with Gasteiger partial charge in [0.1, 0.15) is 5.75 Å². The number of hydrogen-bond acceptors (Lipinski definition) is 2. The Balaban J connectivity index is 2.77. The Hall–Kier alpha value is -1.58. The minimum absolute atomic E-state index is 0.147. The first-order valence-electron chi connectivity index (χ1n) is 4.51.